The van der Waals surface area contributed by atoms with E-state index in [9.17, 15) is 0 Å². The molecule has 0 spiro atoms. The van der Waals surface area contributed by atoms with Gasteiger partial charge in [-0.2, -0.15) is 0 Å². The van der Waals surface area contributed by atoms with Gasteiger partial charge in [-0.15, -0.1) is 11.3 Å². The summed E-state index contributed by atoms with van der Waals surface area (Å²) in [5.41, 5.74) is 9.64. The minimum atomic E-state index is 0.764. The Labute approximate surface area is 97.2 Å². The number of aromatic nitrogens is 2. The standard InChI is InChI=1S/C12H11N3S/c1-8-5-9(13)6-15-7-10(14-12(8)15)11-3-2-4-16-11/h2-7H,13H2,1H3. The van der Waals surface area contributed by atoms with Gasteiger partial charge in [0.25, 0.3) is 0 Å². The van der Waals surface area contributed by atoms with Gasteiger partial charge in [-0.1, -0.05) is 6.07 Å². The largest absolute Gasteiger partial charge is 0.398 e. The van der Waals surface area contributed by atoms with E-state index in [-0.39, 0.29) is 0 Å². The Morgan fingerprint density at radius 1 is 1.38 bits per heavy atom. The molecule has 0 aliphatic carbocycles. The number of imidazole rings is 1. The quantitative estimate of drug-likeness (QED) is 0.697. The van der Waals surface area contributed by atoms with Crippen molar-refractivity contribution >= 4 is 22.7 Å². The minimum Gasteiger partial charge on any atom is -0.398 e. The number of hydrogen-bond acceptors (Lipinski definition) is 3. The summed E-state index contributed by atoms with van der Waals surface area (Å²) in [6.45, 7) is 2.02. The van der Waals surface area contributed by atoms with Gasteiger partial charge in [0.05, 0.1) is 10.6 Å². The number of aryl methyl sites for hydroxylation is 1. The van der Waals surface area contributed by atoms with Crippen molar-refractivity contribution < 1.29 is 0 Å². The molecule has 3 rings (SSSR count). The highest BCUT2D eigenvalue weighted by Crippen LogP contribution is 2.25. The normalized spacial score (nSPS) is 11.1. The summed E-state index contributed by atoms with van der Waals surface area (Å²) in [6.07, 6.45) is 3.91. The van der Waals surface area contributed by atoms with Crippen LogP contribution in [0, 0.1) is 6.92 Å². The molecule has 0 aliphatic heterocycles. The molecule has 0 aromatic carbocycles. The molecule has 0 saturated heterocycles. The molecule has 0 amide bonds. The second-order valence-electron chi connectivity index (χ2n) is 3.79. The molecule has 4 heteroatoms. The Morgan fingerprint density at radius 3 is 3.00 bits per heavy atom. The average Bonchev–Trinajstić information content (AvgIpc) is 2.82. The van der Waals surface area contributed by atoms with Crippen molar-refractivity contribution in [2.45, 2.75) is 6.92 Å². The monoisotopic (exact) mass is 229 g/mol. The van der Waals surface area contributed by atoms with E-state index >= 15 is 0 Å². The van der Waals surface area contributed by atoms with Gasteiger partial charge in [0.2, 0.25) is 0 Å². The molecule has 3 aromatic heterocycles. The van der Waals surface area contributed by atoms with Crippen LogP contribution in [-0.2, 0) is 0 Å². The van der Waals surface area contributed by atoms with Crippen LogP contribution in [-0.4, -0.2) is 9.38 Å². The Morgan fingerprint density at radius 2 is 2.25 bits per heavy atom. The average molecular weight is 229 g/mol. The first kappa shape index (κ1) is 9.42. The van der Waals surface area contributed by atoms with Crippen molar-refractivity contribution in [3.63, 3.8) is 0 Å². The summed E-state index contributed by atoms with van der Waals surface area (Å²) >= 11 is 1.69. The topological polar surface area (TPSA) is 43.3 Å². The molecule has 0 atom stereocenters. The molecule has 2 N–H and O–H groups in total. The molecular formula is C12H11N3S. The third-order valence-electron chi connectivity index (χ3n) is 2.53. The predicted molar refractivity (Wildman–Crippen MR) is 67.7 cm³/mol. The number of rotatable bonds is 1. The molecule has 0 fully saturated rings. The fourth-order valence-corrected chi connectivity index (χ4v) is 2.52. The van der Waals surface area contributed by atoms with E-state index in [1.54, 1.807) is 11.3 Å². The van der Waals surface area contributed by atoms with Crippen LogP contribution in [0.1, 0.15) is 5.56 Å². The Bertz CT molecular complexity index is 638. The maximum atomic E-state index is 5.81. The smallest absolute Gasteiger partial charge is 0.140 e. The van der Waals surface area contributed by atoms with Gasteiger partial charge in [0.1, 0.15) is 5.65 Å². The molecule has 3 nitrogen and oxygen atoms in total. The number of pyridine rings is 1. The van der Waals surface area contributed by atoms with Gasteiger partial charge in [-0.25, -0.2) is 4.98 Å². The van der Waals surface area contributed by atoms with Crippen LogP contribution >= 0.6 is 11.3 Å². The predicted octanol–water partition coefficient (Wildman–Crippen LogP) is 2.95. The number of thiophene rings is 1. The van der Waals surface area contributed by atoms with E-state index in [4.69, 9.17) is 5.73 Å². The van der Waals surface area contributed by atoms with Crippen molar-refractivity contribution in [2.24, 2.45) is 0 Å². The van der Waals surface area contributed by atoms with Crippen molar-refractivity contribution in [3.8, 4) is 10.6 Å². The van der Waals surface area contributed by atoms with Gasteiger partial charge in [0, 0.05) is 18.1 Å². The molecule has 80 valence electrons. The lowest BCUT2D eigenvalue weighted by Crippen LogP contribution is -1.92. The fourth-order valence-electron chi connectivity index (χ4n) is 1.84. The number of fused-ring (bicyclic) bond motifs is 1. The number of hydrogen-bond donors (Lipinski definition) is 1. The molecule has 16 heavy (non-hydrogen) atoms. The number of nitrogens with zero attached hydrogens (tertiary/aromatic N) is 2. The van der Waals surface area contributed by atoms with Crippen molar-refractivity contribution in [2.75, 3.05) is 5.73 Å². The van der Waals surface area contributed by atoms with E-state index in [2.05, 4.69) is 16.4 Å². The van der Waals surface area contributed by atoms with E-state index in [1.807, 2.05) is 35.9 Å². The van der Waals surface area contributed by atoms with Gasteiger partial charge in [-0.3, -0.25) is 0 Å². The molecule has 0 saturated carbocycles. The number of anilines is 1. The highest BCUT2D eigenvalue weighted by molar-refractivity contribution is 7.13. The van der Waals surface area contributed by atoms with Crippen molar-refractivity contribution in [3.05, 3.63) is 41.5 Å². The van der Waals surface area contributed by atoms with Crippen LogP contribution in [0.15, 0.2) is 36.0 Å². The zero-order valence-corrected chi connectivity index (χ0v) is 9.66. The lowest BCUT2D eigenvalue weighted by molar-refractivity contribution is 1.17. The lowest BCUT2D eigenvalue weighted by Gasteiger charge is -1.98. The summed E-state index contributed by atoms with van der Waals surface area (Å²) in [4.78, 5) is 5.80. The number of nitrogen functional groups attached to an aromatic ring is 1. The highest BCUT2D eigenvalue weighted by Gasteiger charge is 2.07. The van der Waals surface area contributed by atoms with Crippen LogP contribution < -0.4 is 5.73 Å². The Balaban J connectivity index is 2.27. The summed E-state index contributed by atoms with van der Waals surface area (Å²) < 4.78 is 1.99. The van der Waals surface area contributed by atoms with Crippen LogP contribution in [0.4, 0.5) is 5.69 Å². The SMILES string of the molecule is Cc1cc(N)cn2cc(-c3cccs3)nc12. The zero-order valence-electron chi connectivity index (χ0n) is 8.84. The molecular weight excluding hydrogens is 218 g/mol. The number of nitrogens with two attached hydrogens (primary N) is 1. The third kappa shape index (κ3) is 1.39. The Kier molecular flexibility index (Phi) is 1.97. The van der Waals surface area contributed by atoms with Gasteiger partial charge in [-0.05, 0) is 30.0 Å². The first-order valence-electron chi connectivity index (χ1n) is 5.03. The van der Waals surface area contributed by atoms with E-state index in [0.29, 0.717) is 0 Å². The van der Waals surface area contributed by atoms with Crippen molar-refractivity contribution in [1.82, 2.24) is 9.38 Å². The summed E-state index contributed by atoms with van der Waals surface area (Å²) in [7, 11) is 0. The summed E-state index contributed by atoms with van der Waals surface area (Å²) in [5.74, 6) is 0. The van der Waals surface area contributed by atoms with Crippen LogP contribution in [0.25, 0.3) is 16.2 Å². The lowest BCUT2D eigenvalue weighted by atomic mass is 10.3. The maximum Gasteiger partial charge on any atom is 0.140 e. The summed E-state index contributed by atoms with van der Waals surface area (Å²) in [6, 6.07) is 6.05. The molecule has 0 radical (unpaired) electrons. The second-order valence-corrected chi connectivity index (χ2v) is 4.74. The zero-order chi connectivity index (χ0) is 11.1. The third-order valence-corrected chi connectivity index (χ3v) is 3.42. The summed E-state index contributed by atoms with van der Waals surface area (Å²) in [5, 5.41) is 2.06. The van der Waals surface area contributed by atoms with Crippen molar-refractivity contribution in [1.29, 1.82) is 0 Å². The first-order valence-corrected chi connectivity index (χ1v) is 5.91. The maximum absolute atomic E-state index is 5.81. The molecule has 0 unspecified atom stereocenters. The van der Waals surface area contributed by atoms with Gasteiger partial charge in [0.15, 0.2) is 0 Å². The first-order chi connectivity index (χ1) is 7.74. The highest BCUT2D eigenvalue weighted by atomic mass is 32.1. The molecule has 0 aliphatic rings. The van der Waals surface area contributed by atoms with Crippen LogP contribution in [0.3, 0.4) is 0 Å². The second kappa shape index (κ2) is 3.35. The van der Waals surface area contributed by atoms with Crippen LogP contribution in [0.5, 0.6) is 0 Å². The van der Waals surface area contributed by atoms with E-state index < -0.39 is 0 Å². The fraction of sp³-hybridized carbons (Fsp3) is 0.0833. The minimum absolute atomic E-state index is 0.764. The van der Waals surface area contributed by atoms with E-state index in [1.165, 1.54) is 4.88 Å². The molecule has 3 aromatic rings. The van der Waals surface area contributed by atoms with Gasteiger partial charge < -0.3 is 10.1 Å². The Hall–Kier alpha value is -1.81. The molecule has 0 bridgehead atoms. The van der Waals surface area contributed by atoms with Crippen LogP contribution in [0.2, 0.25) is 0 Å². The molecule has 3 heterocycles. The van der Waals surface area contributed by atoms with E-state index in [0.717, 1.165) is 22.6 Å². The van der Waals surface area contributed by atoms with Gasteiger partial charge >= 0.3 is 0 Å².